The maximum atomic E-state index is 11.4. The number of hydrogen-bond donors (Lipinski definition) is 0. The monoisotopic (exact) mass is 260 g/mol. The standard InChI is InChI=1S/C14H25ClO2/c1-2-17-14(16)13-11-12(13)9-7-5-3-4-6-8-10-15/h12-13H,2-11H2,1H3. The third-order valence-electron chi connectivity index (χ3n) is 3.47. The van der Waals surface area contributed by atoms with E-state index in [1.165, 1.54) is 38.5 Å². The van der Waals surface area contributed by atoms with Gasteiger partial charge in [-0.05, 0) is 32.1 Å². The van der Waals surface area contributed by atoms with Gasteiger partial charge in [0.25, 0.3) is 0 Å². The van der Waals surface area contributed by atoms with Crippen molar-refractivity contribution in [2.45, 2.75) is 58.3 Å². The van der Waals surface area contributed by atoms with Gasteiger partial charge in [-0.3, -0.25) is 4.79 Å². The van der Waals surface area contributed by atoms with Crippen molar-refractivity contribution in [3.05, 3.63) is 0 Å². The average Bonchev–Trinajstić information content (AvgIpc) is 3.08. The van der Waals surface area contributed by atoms with Crippen LogP contribution in [0.15, 0.2) is 0 Å². The summed E-state index contributed by atoms with van der Waals surface area (Å²) in [5, 5.41) is 0. The van der Waals surface area contributed by atoms with Crippen LogP contribution in [0.3, 0.4) is 0 Å². The van der Waals surface area contributed by atoms with Crippen molar-refractivity contribution in [2.75, 3.05) is 12.5 Å². The van der Waals surface area contributed by atoms with Crippen molar-refractivity contribution in [1.29, 1.82) is 0 Å². The van der Waals surface area contributed by atoms with Gasteiger partial charge in [0.15, 0.2) is 0 Å². The molecule has 1 aliphatic rings. The summed E-state index contributed by atoms with van der Waals surface area (Å²) in [6, 6.07) is 0. The normalized spacial score (nSPS) is 22.5. The zero-order valence-corrected chi connectivity index (χ0v) is 11.7. The Bertz CT molecular complexity index is 218. The molecule has 3 heteroatoms. The molecule has 100 valence electrons. The fraction of sp³-hybridized carbons (Fsp3) is 0.929. The number of halogens is 1. The van der Waals surface area contributed by atoms with Crippen molar-refractivity contribution >= 4 is 17.6 Å². The van der Waals surface area contributed by atoms with E-state index in [-0.39, 0.29) is 11.9 Å². The molecule has 0 bridgehead atoms. The first kappa shape index (κ1) is 14.8. The number of alkyl halides is 1. The lowest BCUT2D eigenvalue weighted by atomic mass is 10.1. The molecule has 1 fully saturated rings. The predicted molar refractivity (Wildman–Crippen MR) is 71.3 cm³/mol. The van der Waals surface area contributed by atoms with Gasteiger partial charge in [-0.15, -0.1) is 11.6 Å². The highest BCUT2D eigenvalue weighted by Gasteiger charge is 2.43. The number of rotatable bonds is 10. The zero-order chi connectivity index (χ0) is 12.5. The van der Waals surface area contributed by atoms with Crippen molar-refractivity contribution in [1.82, 2.24) is 0 Å². The molecule has 0 spiro atoms. The number of carbonyl (C=O) groups is 1. The van der Waals surface area contributed by atoms with Crippen LogP contribution in [0.2, 0.25) is 0 Å². The van der Waals surface area contributed by atoms with Gasteiger partial charge in [0, 0.05) is 5.88 Å². The van der Waals surface area contributed by atoms with E-state index in [0.29, 0.717) is 12.5 Å². The molecule has 2 unspecified atom stereocenters. The Kier molecular flexibility index (Phi) is 7.67. The van der Waals surface area contributed by atoms with Crippen LogP contribution in [0.4, 0.5) is 0 Å². The molecule has 0 aromatic rings. The third-order valence-corrected chi connectivity index (χ3v) is 3.74. The van der Waals surface area contributed by atoms with Gasteiger partial charge in [-0.25, -0.2) is 0 Å². The first-order chi connectivity index (χ1) is 8.29. The summed E-state index contributed by atoms with van der Waals surface area (Å²) >= 11 is 5.62. The molecule has 0 heterocycles. The maximum absolute atomic E-state index is 11.4. The molecule has 1 rings (SSSR count). The first-order valence-electron chi connectivity index (χ1n) is 7.02. The summed E-state index contributed by atoms with van der Waals surface area (Å²) in [5.74, 6) is 1.67. The van der Waals surface area contributed by atoms with Crippen molar-refractivity contribution in [3.63, 3.8) is 0 Å². The van der Waals surface area contributed by atoms with Gasteiger partial charge in [-0.2, -0.15) is 0 Å². The Morgan fingerprint density at radius 3 is 2.47 bits per heavy atom. The molecule has 17 heavy (non-hydrogen) atoms. The average molecular weight is 261 g/mol. The molecule has 2 atom stereocenters. The van der Waals surface area contributed by atoms with Crippen LogP contribution in [0.5, 0.6) is 0 Å². The van der Waals surface area contributed by atoms with Gasteiger partial charge in [0.05, 0.1) is 12.5 Å². The Balaban J connectivity index is 1.87. The minimum absolute atomic E-state index is 0.0274. The smallest absolute Gasteiger partial charge is 0.309 e. The van der Waals surface area contributed by atoms with Crippen LogP contribution in [-0.2, 0) is 9.53 Å². The number of esters is 1. The van der Waals surface area contributed by atoms with Crippen LogP contribution in [-0.4, -0.2) is 18.5 Å². The highest BCUT2D eigenvalue weighted by Crippen LogP contribution is 2.43. The molecule has 0 N–H and O–H groups in total. The second kappa shape index (κ2) is 8.79. The van der Waals surface area contributed by atoms with Crippen molar-refractivity contribution in [3.8, 4) is 0 Å². The summed E-state index contributed by atoms with van der Waals surface area (Å²) in [7, 11) is 0. The lowest BCUT2D eigenvalue weighted by Gasteiger charge is -2.02. The van der Waals surface area contributed by atoms with E-state index in [1.807, 2.05) is 6.92 Å². The Morgan fingerprint density at radius 1 is 1.18 bits per heavy atom. The molecule has 0 aromatic carbocycles. The molecule has 2 nitrogen and oxygen atoms in total. The second-order valence-electron chi connectivity index (χ2n) is 4.95. The van der Waals surface area contributed by atoms with E-state index in [2.05, 4.69) is 0 Å². The fourth-order valence-corrected chi connectivity index (χ4v) is 2.50. The SMILES string of the molecule is CCOC(=O)C1CC1CCCCCCCCCl. The highest BCUT2D eigenvalue weighted by atomic mass is 35.5. The molecule has 0 aromatic heterocycles. The van der Waals surface area contributed by atoms with E-state index in [4.69, 9.17) is 16.3 Å². The zero-order valence-electron chi connectivity index (χ0n) is 10.9. The lowest BCUT2D eigenvalue weighted by Crippen LogP contribution is -2.07. The first-order valence-corrected chi connectivity index (χ1v) is 7.55. The van der Waals surface area contributed by atoms with Gasteiger partial charge in [0.1, 0.15) is 0 Å². The van der Waals surface area contributed by atoms with Crippen LogP contribution >= 0.6 is 11.6 Å². The summed E-state index contributed by atoms with van der Waals surface area (Å²) in [4.78, 5) is 11.4. The molecule has 0 saturated heterocycles. The van der Waals surface area contributed by atoms with E-state index >= 15 is 0 Å². The van der Waals surface area contributed by atoms with Gasteiger partial charge < -0.3 is 4.74 Å². The molecular weight excluding hydrogens is 236 g/mol. The predicted octanol–water partition coefficient (Wildman–Crippen LogP) is 4.16. The number of hydrogen-bond acceptors (Lipinski definition) is 2. The number of ether oxygens (including phenoxy) is 1. The van der Waals surface area contributed by atoms with E-state index in [9.17, 15) is 4.79 Å². The maximum Gasteiger partial charge on any atom is 0.309 e. The summed E-state index contributed by atoms with van der Waals surface area (Å²) in [6.07, 6.45) is 9.86. The molecular formula is C14H25ClO2. The van der Waals surface area contributed by atoms with E-state index < -0.39 is 0 Å². The van der Waals surface area contributed by atoms with Gasteiger partial charge in [0.2, 0.25) is 0 Å². The Labute approximate surface area is 110 Å². The van der Waals surface area contributed by atoms with E-state index in [0.717, 1.165) is 18.7 Å². The molecule has 0 amide bonds. The largest absolute Gasteiger partial charge is 0.466 e. The number of carbonyl (C=O) groups excluding carboxylic acids is 1. The molecule has 0 aliphatic heterocycles. The van der Waals surface area contributed by atoms with Crippen LogP contribution in [0.25, 0.3) is 0 Å². The highest BCUT2D eigenvalue weighted by molar-refractivity contribution is 6.17. The summed E-state index contributed by atoms with van der Waals surface area (Å²) in [5.41, 5.74) is 0. The summed E-state index contributed by atoms with van der Waals surface area (Å²) in [6.45, 7) is 2.39. The van der Waals surface area contributed by atoms with Gasteiger partial charge >= 0.3 is 5.97 Å². The fourth-order valence-electron chi connectivity index (χ4n) is 2.31. The second-order valence-corrected chi connectivity index (χ2v) is 5.33. The van der Waals surface area contributed by atoms with Gasteiger partial charge in [-0.1, -0.05) is 32.1 Å². The van der Waals surface area contributed by atoms with Crippen molar-refractivity contribution < 1.29 is 9.53 Å². The lowest BCUT2D eigenvalue weighted by molar-refractivity contribution is -0.145. The minimum atomic E-state index is 0.0274. The van der Waals surface area contributed by atoms with Crippen LogP contribution in [0.1, 0.15) is 58.3 Å². The molecule has 1 aliphatic carbocycles. The van der Waals surface area contributed by atoms with Crippen LogP contribution < -0.4 is 0 Å². The van der Waals surface area contributed by atoms with E-state index in [1.54, 1.807) is 0 Å². The number of unbranched alkanes of at least 4 members (excludes halogenated alkanes) is 5. The van der Waals surface area contributed by atoms with Crippen LogP contribution in [0, 0.1) is 11.8 Å². The Morgan fingerprint density at radius 2 is 1.82 bits per heavy atom. The van der Waals surface area contributed by atoms with Crippen molar-refractivity contribution in [2.24, 2.45) is 11.8 Å². The summed E-state index contributed by atoms with van der Waals surface area (Å²) < 4.78 is 5.02. The topological polar surface area (TPSA) is 26.3 Å². The third kappa shape index (κ3) is 6.30. The Hall–Kier alpha value is -0.240. The quantitative estimate of drug-likeness (QED) is 0.335. The molecule has 0 radical (unpaired) electrons. The minimum Gasteiger partial charge on any atom is -0.466 e. The molecule has 1 saturated carbocycles.